The van der Waals surface area contributed by atoms with Crippen molar-refractivity contribution in [2.75, 3.05) is 36.9 Å². The van der Waals surface area contributed by atoms with Crippen LogP contribution in [0.5, 0.6) is 0 Å². The van der Waals surface area contributed by atoms with Crippen molar-refractivity contribution in [3.05, 3.63) is 6.20 Å². The van der Waals surface area contributed by atoms with Crippen molar-refractivity contribution < 1.29 is 4.74 Å². The Kier molecular flexibility index (Phi) is 2.54. The summed E-state index contributed by atoms with van der Waals surface area (Å²) in [6.07, 6.45) is 1.46. The van der Waals surface area contributed by atoms with Crippen LogP contribution in [-0.4, -0.2) is 44.1 Å². The minimum absolute atomic E-state index is 0.390. The second kappa shape index (κ2) is 3.83. The highest BCUT2D eigenvalue weighted by Crippen LogP contribution is 2.16. The Bertz CT molecular complexity index is 327. The van der Waals surface area contributed by atoms with E-state index >= 15 is 0 Å². The second-order valence-corrected chi connectivity index (χ2v) is 3.10. The fraction of sp³-hybridized carbons (Fsp3) is 0.500. The Balaban J connectivity index is 2.24. The van der Waals surface area contributed by atoms with Crippen LogP contribution in [0.1, 0.15) is 0 Å². The fourth-order valence-corrected chi connectivity index (χ4v) is 1.41. The largest absolute Gasteiger partial charge is 0.381 e. The van der Waals surface area contributed by atoms with E-state index in [9.17, 15) is 0 Å². The maximum atomic E-state index is 5.71. The van der Waals surface area contributed by atoms with Crippen LogP contribution in [0, 0.1) is 0 Å². The highest BCUT2D eigenvalue weighted by atomic mass is 16.5. The van der Waals surface area contributed by atoms with E-state index in [0.717, 1.165) is 13.1 Å². The number of nitrogens with zero attached hydrogens (tertiary/aromatic N) is 3. The average Bonchev–Trinajstić information content (AvgIpc) is 2.23. The van der Waals surface area contributed by atoms with Gasteiger partial charge in [0.1, 0.15) is 7.85 Å². The van der Waals surface area contributed by atoms with Crippen molar-refractivity contribution in [2.45, 2.75) is 0 Å². The summed E-state index contributed by atoms with van der Waals surface area (Å²) >= 11 is 0. The summed E-state index contributed by atoms with van der Waals surface area (Å²) in [5.41, 5.74) is 6.10. The first-order valence-corrected chi connectivity index (χ1v) is 4.48. The van der Waals surface area contributed by atoms with Gasteiger partial charge in [-0.25, -0.2) is 9.97 Å². The number of aromatic nitrogens is 2. The van der Waals surface area contributed by atoms with E-state index in [2.05, 4.69) is 9.97 Å². The number of ether oxygens (including phenoxy) is 1. The summed E-state index contributed by atoms with van der Waals surface area (Å²) in [4.78, 5) is 10.1. The summed E-state index contributed by atoms with van der Waals surface area (Å²) in [6, 6.07) is 0. The number of rotatable bonds is 1. The van der Waals surface area contributed by atoms with Crippen molar-refractivity contribution >= 4 is 25.1 Å². The monoisotopic (exact) mass is 190 g/mol. The molecule has 1 saturated heterocycles. The molecule has 1 aromatic heterocycles. The van der Waals surface area contributed by atoms with Gasteiger partial charge in [0.05, 0.1) is 13.2 Å². The predicted molar refractivity (Wildman–Crippen MR) is 54.9 cm³/mol. The average molecular weight is 190 g/mol. The van der Waals surface area contributed by atoms with Crippen LogP contribution < -0.4 is 16.2 Å². The summed E-state index contributed by atoms with van der Waals surface area (Å²) < 4.78 is 5.23. The van der Waals surface area contributed by atoms with E-state index in [1.54, 1.807) is 0 Å². The standard InChI is InChI=1S/C8H11BN4O/c9-6-5-11-7(10)8(12-6)13-1-3-14-4-2-13/h5H,1-4H2,(H2,10,11). The first-order chi connectivity index (χ1) is 6.77. The molecule has 5 nitrogen and oxygen atoms in total. The minimum Gasteiger partial charge on any atom is -0.381 e. The van der Waals surface area contributed by atoms with Gasteiger partial charge in [-0.05, 0) is 0 Å². The first kappa shape index (κ1) is 9.27. The van der Waals surface area contributed by atoms with Crippen molar-refractivity contribution in [3.63, 3.8) is 0 Å². The van der Waals surface area contributed by atoms with E-state index in [1.165, 1.54) is 6.20 Å². The third kappa shape index (κ3) is 1.79. The number of morpholine rings is 1. The zero-order valence-corrected chi connectivity index (χ0v) is 7.81. The normalized spacial score (nSPS) is 17.0. The van der Waals surface area contributed by atoms with Gasteiger partial charge in [-0.15, -0.1) is 0 Å². The van der Waals surface area contributed by atoms with Gasteiger partial charge >= 0.3 is 0 Å². The lowest BCUT2D eigenvalue weighted by atomic mass is 10.1. The Morgan fingerprint density at radius 2 is 2.14 bits per heavy atom. The molecule has 0 bridgehead atoms. The molecule has 2 rings (SSSR count). The molecule has 1 aliphatic heterocycles. The molecule has 0 aromatic carbocycles. The second-order valence-electron chi connectivity index (χ2n) is 3.10. The SMILES string of the molecule is [B]c1cnc(N)c(N2CCOCC2)n1. The van der Waals surface area contributed by atoms with E-state index in [-0.39, 0.29) is 0 Å². The maximum Gasteiger partial charge on any atom is 0.171 e. The quantitative estimate of drug-likeness (QED) is 0.557. The molecule has 14 heavy (non-hydrogen) atoms. The van der Waals surface area contributed by atoms with E-state index < -0.39 is 0 Å². The molecule has 6 heteroatoms. The first-order valence-electron chi connectivity index (χ1n) is 4.48. The summed E-state index contributed by atoms with van der Waals surface area (Å²) in [5, 5.41) is 0. The van der Waals surface area contributed by atoms with E-state index in [4.69, 9.17) is 18.3 Å². The molecule has 0 saturated carbocycles. The van der Waals surface area contributed by atoms with Gasteiger partial charge in [-0.1, -0.05) is 0 Å². The number of hydrogen-bond acceptors (Lipinski definition) is 5. The van der Waals surface area contributed by atoms with E-state index in [1.807, 2.05) is 4.90 Å². The highest BCUT2D eigenvalue weighted by Gasteiger charge is 2.15. The maximum absolute atomic E-state index is 5.71. The van der Waals surface area contributed by atoms with Crippen LogP contribution in [0.4, 0.5) is 11.6 Å². The predicted octanol–water partition coefficient (Wildman–Crippen LogP) is -1.31. The lowest BCUT2D eigenvalue weighted by Gasteiger charge is -2.28. The van der Waals surface area contributed by atoms with Crippen LogP contribution in [0.2, 0.25) is 0 Å². The van der Waals surface area contributed by atoms with Gasteiger partial charge in [-0.2, -0.15) is 0 Å². The lowest BCUT2D eigenvalue weighted by molar-refractivity contribution is 0.122. The van der Waals surface area contributed by atoms with Crippen molar-refractivity contribution in [1.29, 1.82) is 0 Å². The molecule has 0 amide bonds. The zero-order chi connectivity index (χ0) is 9.97. The number of anilines is 2. The van der Waals surface area contributed by atoms with Crippen LogP contribution in [0.25, 0.3) is 0 Å². The number of hydrogen-bond donors (Lipinski definition) is 1. The van der Waals surface area contributed by atoms with Gasteiger partial charge in [0.15, 0.2) is 11.6 Å². The molecule has 2 radical (unpaired) electrons. The highest BCUT2D eigenvalue weighted by molar-refractivity contribution is 6.30. The molecule has 1 aromatic rings. The van der Waals surface area contributed by atoms with Gasteiger partial charge in [-0.3, -0.25) is 0 Å². The van der Waals surface area contributed by atoms with Crippen LogP contribution in [-0.2, 0) is 4.74 Å². The molecule has 0 aliphatic carbocycles. The van der Waals surface area contributed by atoms with Gasteiger partial charge in [0, 0.05) is 24.9 Å². The molecule has 72 valence electrons. The van der Waals surface area contributed by atoms with Gasteiger partial charge < -0.3 is 15.4 Å². The molecule has 0 unspecified atom stereocenters. The lowest BCUT2D eigenvalue weighted by Crippen LogP contribution is -2.38. The number of nitrogen functional groups attached to an aromatic ring is 1. The Morgan fingerprint density at radius 3 is 2.86 bits per heavy atom. The fourth-order valence-electron chi connectivity index (χ4n) is 1.41. The molecule has 2 heterocycles. The molecular formula is C8H11BN4O. The molecule has 0 spiro atoms. The van der Waals surface area contributed by atoms with Gasteiger partial charge in [0.2, 0.25) is 0 Å². The van der Waals surface area contributed by atoms with Crippen LogP contribution in [0.3, 0.4) is 0 Å². The summed E-state index contributed by atoms with van der Waals surface area (Å²) in [6.45, 7) is 2.94. The summed E-state index contributed by atoms with van der Waals surface area (Å²) in [5.74, 6) is 1.08. The Morgan fingerprint density at radius 1 is 1.43 bits per heavy atom. The summed E-state index contributed by atoms with van der Waals surface area (Å²) in [7, 11) is 5.55. The zero-order valence-electron chi connectivity index (χ0n) is 7.81. The van der Waals surface area contributed by atoms with Gasteiger partial charge in [0.25, 0.3) is 0 Å². The third-order valence-electron chi connectivity index (χ3n) is 2.11. The Hall–Kier alpha value is -1.30. The van der Waals surface area contributed by atoms with Crippen molar-refractivity contribution in [1.82, 2.24) is 9.97 Å². The van der Waals surface area contributed by atoms with Crippen molar-refractivity contribution in [3.8, 4) is 0 Å². The molecule has 2 N–H and O–H groups in total. The number of nitrogens with two attached hydrogens (primary N) is 1. The third-order valence-corrected chi connectivity index (χ3v) is 2.11. The smallest absolute Gasteiger partial charge is 0.171 e. The molecular weight excluding hydrogens is 179 g/mol. The minimum atomic E-state index is 0.390. The molecule has 1 fully saturated rings. The van der Waals surface area contributed by atoms with Crippen LogP contribution in [0.15, 0.2) is 6.20 Å². The van der Waals surface area contributed by atoms with Crippen LogP contribution >= 0.6 is 0 Å². The van der Waals surface area contributed by atoms with Crippen molar-refractivity contribution in [2.24, 2.45) is 0 Å². The Labute approximate surface area is 83.7 Å². The topological polar surface area (TPSA) is 64.3 Å². The van der Waals surface area contributed by atoms with E-state index in [0.29, 0.717) is 30.4 Å². The molecule has 1 aliphatic rings. The molecule has 0 atom stereocenters.